The topological polar surface area (TPSA) is 24.1 Å². The van der Waals surface area contributed by atoms with Gasteiger partial charge in [-0.3, -0.25) is 0 Å². The van der Waals surface area contributed by atoms with Crippen molar-refractivity contribution in [2.45, 2.75) is 20.3 Å². The average Bonchev–Trinajstić information content (AvgIpc) is 2.15. The van der Waals surface area contributed by atoms with Crippen LogP contribution in [-0.2, 0) is 0 Å². The summed E-state index contributed by atoms with van der Waals surface area (Å²) >= 11 is 0. The lowest BCUT2D eigenvalue weighted by Gasteiger charge is -2.25. The highest BCUT2D eigenvalue weighted by atomic mass is 15.0. The third kappa shape index (κ3) is 1.96. The molecule has 1 aliphatic heterocycles. The number of hydrogen-bond acceptors (Lipinski definition) is 2. The van der Waals surface area contributed by atoms with Crippen molar-refractivity contribution in [1.82, 2.24) is 10.6 Å². The summed E-state index contributed by atoms with van der Waals surface area (Å²) in [5.74, 6) is 0. The first kappa shape index (κ1) is 8.02. The molecule has 1 heterocycles. The van der Waals surface area contributed by atoms with Crippen LogP contribution in [0.15, 0.2) is 0 Å². The molecule has 0 amide bonds. The lowest BCUT2D eigenvalue weighted by atomic mass is 9.88. The fraction of sp³-hybridized carbons (Fsp3) is 1.00. The maximum absolute atomic E-state index is 3.43. The molecule has 0 spiro atoms. The SMILES string of the molecule is CCC1(C)CNCCNC1. The number of nitrogens with one attached hydrogen (secondary N) is 2. The predicted octanol–water partition coefficient (Wildman–Crippen LogP) is 0.596. The van der Waals surface area contributed by atoms with Crippen molar-refractivity contribution in [3.63, 3.8) is 0 Å². The summed E-state index contributed by atoms with van der Waals surface area (Å²) in [5.41, 5.74) is 0.483. The molecule has 1 rings (SSSR count). The Kier molecular flexibility index (Phi) is 2.69. The summed E-state index contributed by atoms with van der Waals surface area (Å²) in [6, 6.07) is 0. The van der Waals surface area contributed by atoms with Crippen molar-refractivity contribution in [3.05, 3.63) is 0 Å². The van der Waals surface area contributed by atoms with Gasteiger partial charge in [0.25, 0.3) is 0 Å². The van der Waals surface area contributed by atoms with Crippen molar-refractivity contribution in [1.29, 1.82) is 0 Å². The molecule has 1 saturated heterocycles. The molecule has 0 aromatic heterocycles. The van der Waals surface area contributed by atoms with Crippen LogP contribution in [-0.4, -0.2) is 26.2 Å². The van der Waals surface area contributed by atoms with Gasteiger partial charge in [-0.1, -0.05) is 13.8 Å². The Morgan fingerprint density at radius 2 is 1.70 bits per heavy atom. The van der Waals surface area contributed by atoms with Gasteiger partial charge in [0.1, 0.15) is 0 Å². The molecular weight excluding hydrogens is 124 g/mol. The highest BCUT2D eigenvalue weighted by molar-refractivity contribution is 4.80. The summed E-state index contributed by atoms with van der Waals surface area (Å²) in [7, 11) is 0. The molecule has 0 saturated carbocycles. The third-order valence-corrected chi connectivity index (χ3v) is 2.44. The Labute approximate surface area is 63.4 Å². The van der Waals surface area contributed by atoms with E-state index in [1.807, 2.05) is 0 Å². The second kappa shape index (κ2) is 3.35. The lowest BCUT2D eigenvalue weighted by Crippen LogP contribution is -2.34. The molecule has 2 nitrogen and oxygen atoms in total. The average molecular weight is 142 g/mol. The normalized spacial score (nSPS) is 25.8. The minimum Gasteiger partial charge on any atom is -0.315 e. The summed E-state index contributed by atoms with van der Waals surface area (Å²) in [6.45, 7) is 9.16. The largest absolute Gasteiger partial charge is 0.315 e. The smallest absolute Gasteiger partial charge is 0.00769 e. The van der Waals surface area contributed by atoms with Gasteiger partial charge in [0.15, 0.2) is 0 Å². The zero-order chi connectivity index (χ0) is 7.45. The Morgan fingerprint density at radius 1 is 1.20 bits per heavy atom. The van der Waals surface area contributed by atoms with Gasteiger partial charge < -0.3 is 10.6 Å². The minimum atomic E-state index is 0.483. The molecular formula is C8H18N2. The quantitative estimate of drug-likeness (QED) is 0.560. The van der Waals surface area contributed by atoms with Crippen molar-refractivity contribution < 1.29 is 0 Å². The number of rotatable bonds is 1. The summed E-state index contributed by atoms with van der Waals surface area (Å²) in [4.78, 5) is 0. The minimum absolute atomic E-state index is 0.483. The second-order valence-electron chi connectivity index (χ2n) is 3.52. The monoisotopic (exact) mass is 142 g/mol. The Hall–Kier alpha value is -0.0800. The van der Waals surface area contributed by atoms with Gasteiger partial charge in [-0.2, -0.15) is 0 Å². The van der Waals surface area contributed by atoms with Crippen LogP contribution in [0.5, 0.6) is 0 Å². The van der Waals surface area contributed by atoms with Crippen LogP contribution >= 0.6 is 0 Å². The lowest BCUT2D eigenvalue weighted by molar-refractivity contribution is 0.305. The maximum Gasteiger partial charge on any atom is 0.00769 e. The zero-order valence-corrected chi connectivity index (χ0v) is 7.04. The fourth-order valence-corrected chi connectivity index (χ4v) is 1.27. The Balaban J connectivity index is 2.41. The second-order valence-corrected chi connectivity index (χ2v) is 3.52. The molecule has 60 valence electrons. The van der Waals surface area contributed by atoms with E-state index in [1.165, 1.54) is 6.42 Å². The summed E-state index contributed by atoms with van der Waals surface area (Å²) in [5, 5.41) is 6.85. The first-order valence-electron chi connectivity index (χ1n) is 4.18. The summed E-state index contributed by atoms with van der Waals surface area (Å²) in [6.07, 6.45) is 1.26. The van der Waals surface area contributed by atoms with E-state index < -0.39 is 0 Å². The Bertz CT molecular complexity index is 93.4. The van der Waals surface area contributed by atoms with E-state index in [0.29, 0.717) is 5.41 Å². The molecule has 10 heavy (non-hydrogen) atoms. The summed E-state index contributed by atoms with van der Waals surface area (Å²) < 4.78 is 0. The molecule has 0 radical (unpaired) electrons. The van der Waals surface area contributed by atoms with E-state index in [0.717, 1.165) is 26.2 Å². The molecule has 2 N–H and O–H groups in total. The molecule has 2 heteroatoms. The molecule has 1 aliphatic rings. The van der Waals surface area contributed by atoms with Crippen LogP contribution in [0.2, 0.25) is 0 Å². The van der Waals surface area contributed by atoms with Crippen LogP contribution in [0.25, 0.3) is 0 Å². The van der Waals surface area contributed by atoms with Crippen molar-refractivity contribution in [2.75, 3.05) is 26.2 Å². The highest BCUT2D eigenvalue weighted by Gasteiger charge is 2.22. The number of hydrogen-bond donors (Lipinski definition) is 2. The van der Waals surface area contributed by atoms with Gasteiger partial charge in [0.2, 0.25) is 0 Å². The van der Waals surface area contributed by atoms with E-state index >= 15 is 0 Å². The van der Waals surface area contributed by atoms with Gasteiger partial charge >= 0.3 is 0 Å². The van der Waals surface area contributed by atoms with Gasteiger partial charge in [-0.05, 0) is 11.8 Å². The Morgan fingerprint density at radius 3 is 2.10 bits per heavy atom. The van der Waals surface area contributed by atoms with Crippen LogP contribution in [0.3, 0.4) is 0 Å². The van der Waals surface area contributed by atoms with E-state index in [1.54, 1.807) is 0 Å². The fourth-order valence-electron chi connectivity index (χ4n) is 1.27. The van der Waals surface area contributed by atoms with Crippen LogP contribution < -0.4 is 10.6 Å². The first-order chi connectivity index (χ1) is 4.77. The molecule has 0 aliphatic carbocycles. The van der Waals surface area contributed by atoms with Crippen molar-refractivity contribution in [3.8, 4) is 0 Å². The molecule has 0 aromatic carbocycles. The molecule has 0 unspecified atom stereocenters. The van der Waals surface area contributed by atoms with E-state index in [-0.39, 0.29) is 0 Å². The van der Waals surface area contributed by atoms with E-state index in [4.69, 9.17) is 0 Å². The van der Waals surface area contributed by atoms with E-state index in [9.17, 15) is 0 Å². The van der Waals surface area contributed by atoms with Gasteiger partial charge in [-0.25, -0.2) is 0 Å². The third-order valence-electron chi connectivity index (χ3n) is 2.44. The van der Waals surface area contributed by atoms with Crippen molar-refractivity contribution in [2.24, 2.45) is 5.41 Å². The molecule has 0 atom stereocenters. The van der Waals surface area contributed by atoms with Gasteiger partial charge in [-0.15, -0.1) is 0 Å². The van der Waals surface area contributed by atoms with Crippen LogP contribution in [0.4, 0.5) is 0 Å². The van der Waals surface area contributed by atoms with Crippen molar-refractivity contribution >= 4 is 0 Å². The maximum atomic E-state index is 3.43. The van der Waals surface area contributed by atoms with E-state index in [2.05, 4.69) is 24.5 Å². The molecule has 0 bridgehead atoms. The predicted molar refractivity (Wildman–Crippen MR) is 44.1 cm³/mol. The standard InChI is InChI=1S/C8H18N2/c1-3-8(2)6-9-4-5-10-7-8/h9-10H,3-7H2,1-2H3. The first-order valence-corrected chi connectivity index (χ1v) is 4.18. The zero-order valence-electron chi connectivity index (χ0n) is 7.04. The van der Waals surface area contributed by atoms with Gasteiger partial charge in [0.05, 0.1) is 0 Å². The molecule has 0 aromatic rings. The highest BCUT2D eigenvalue weighted by Crippen LogP contribution is 2.18. The van der Waals surface area contributed by atoms with Crippen LogP contribution in [0, 0.1) is 5.41 Å². The molecule has 1 fully saturated rings. The van der Waals surface area contributed by atoms with Crippen LogP contribution in [0.1, 0.15) is 20.3 Å². The van der Waals surface area contributed by atoms with Gasteiger partial charge in [0, 0.05) is 26.2 Å².